The van der Waals surface area contributed by atoms with E-state index in [9.17, 15) is 14.7 Å². The Kier molecular flexibility index (Phi) is 4.64. The number of benzene rings is 1. The Morgan fingerprint density at radius 2 is 2.24 bits per heavy atom. The Morgan fingerprint density at radius 3 is 2.90 bits per heavy atom. The van der Waals surface area contributed by atoms with Gasteiger partial charge >= 0.3 is 12.0 Å². The van der Waals surface area contributed by atoms with Crippen molar-refractivity contribution >= 4 is 17.7 Å². The van der Waals surface area contributed by atoms with E-state index in [1.54, 1.807) is 24.3 Å². The number of aliphatic hydroxyl groups excluding tert-OH is 1. The molecular weight excluding hydrogens is 276 g/mol. The summed E-state index contributed by atoms with van der Waals surface area (Å²) in [6.45, 7) is 2.37. The van der Waals surface area contributed by atoms with Crippen LogP contribution in [0.15, 0.2) is 24.3 Å². The minimum Gasteiger partial charge on any atom is -0.494 e. The van der Waals surface area contributed by atoms with Gasteiger partial charge in [0.05, 0.1) is 12.7 Å². The van der Waals surface area contributed by atoms with Gasteiger partial charge < -0.3 is 25.2 Å². The average molecular weight is 294 g/mol. The SMILES string of the molecule is CCOc1cccc(NC(=O)N2C[C@@H](O)C[C@H]2C(=O)O)c1. The monoisotopic (exact) mass is 294 g/mol. The van der Waals surface area contributed by atoms with Gasteiger partial charge in [0.1, 0.15) is 11.8 Å². The number of nitrogens with zero attached hydrogens (tertiary/aromatic N) is 1. The van der Waals surface area contributed by atoms with Gasteiger partial charge in [0, 0.05) is 24.7 Å². The van der Waals surface area contributed by atoms with Gasteiger partial charge in [0.15, 0.2) is 0 Å². The van der Waals surface area contributed by atoms with E-state index >= 15 is 0 Å². The summed E-state index contributed by atoms with van der Waals surface area (Å²) in [6, 6.07) is 5.28. The number of carbonyl (C=O) groups is 2. The number of aliphatic hydroxyl groups is 1. The van der Waals surface area contributed by atoms with Crippen LogP contribution in [0, 0.1) is 0 Å². The zero-order valence-electron chi connectivity index (χ0n) is 11.7. The smallest absolute Gasteiger partial charge is 0.326 e. The Morgan fingerprint density at radius 1 is 1.48 bits per heavy atom. The van der Waals surface area contributed by atoms with Crippen molar-refractivity contribution in [1.82, 2.24) is 4.90 Å². The minimum absolute atomic E-state index is 0.00789. The number of nitrogens with one attached hydrogen (secondary N) is 1. The summed E-state index contributed by atoms with van der Waals surface area (Å²) in [6.07, 6.45) is -0.770. The maximum Gasteiger partial charge on any atom is 0.326 e. The zero-order valence-corrected chi connectivity index (χ0v) is 11.7. The van der Waals surface area contributed by atoms with Crippen molar-refractivity contribution in [3.05, 3.63) is 24.3 Å². The molecule has 0 unspecified atom stereocenters. The molecule has 0 aromatic heterocycles. The number of ether oxygens (including phenoxy) is 1. The summed E-state index contributed by atoms with van der Waals surface area (Å²) in [4.78, 5) is 24.4. The van der Waals surface area contributed by atoms with Gasteiger partial charge in [-0.15, -0.1) is 0 Å². The number of anilines is 1. The number of hydrogen-bond acceptors (Lipinski definition) is 4. The lowest BCUT2D eigenvalue weighted by Crippen LogP contribution is -2.43. The fourth-order valence-electron chi connectivity index (χ4n) is 2.30. The molecule has 1 heterocycles. The summed E-state index contributed by atoms with van der Waals surface area (Å²) < 4.78 is 5.33. The van der Waals surface area contributed by atoms with Crippen LogP contribution in [-0.2, 0) is 4.79 Å². The molecule has 21 heavy (non-hydrogen) atoms. The van der Waals surface area contributed by atoms with Crippen molar-refractivity contribution < 1.29 is 24.5 Å². The Bertz CT molecular complexity index is 534. The summed E-state index contributed by atoms with van der Waals surface area (Å²) in [5.41, 5.74) is 0.511. The third kappa shape index (κ3) is 3.63. The predicted octanol–water partition coefficient (Wildman–Crippen LogP) is 1.14. The van der Waals surface area contributed by atoms with E-state index in [-0.39, 0.29) is 13.0 Å². The van der Waals surface area contributed by atoms with Crippen molar-refractivity contribution in [3.8, 4) is 5.75 Å². The first kappa shape index (κ1) is 15.1. The minimum atomic E-state index is -1.12. The van der Waals surface area contributed by atoms with Crippen molar-refractivity contribution in [2.75, 3.05) is 18.5 Å². The Balaban J connectivity index is 2.07. The van der Waals surface area contributed by atoms with Crippen LogP contribution in [0.4, 0.5) is 10.5 Å². The molecule has 0 spiro atoms. The molecule has 1 aromatic rings. The van der Waals surface area contributed by atoms with E-state index in [1.807, 2.05) is 6.92 Å². The first-order chi connectivity index (χ1) is 10.0. The summed E-state index contributed by atoms with van der Waals surface area (Å²) >= 11 is 0. The topological polar surface area (TPSA) is 99.1 Å². The molecule has 0 radical (unpaired) electrons. The number of rotatable bonds is 4. The number of hydrogen-bond donors (Lipinski definition) is 3. The molecule has 1 aliphatic heterocycles. The van der Waals surface area contributed by atoms with Crippen LogP contribution < -0.4 is 10.1 Å². The van der Waals surface area contributed by atoms with Crippen LogP contribution in [0.5, 0.6) is 5.75 Å². The van der Waals surface area contributed by atoms with Gasteiger partial charge in [-0.25, -0.2) is 9.59 Å². The maximum atomic E-state index is 12.1. The van der Waals surface area contributed by atoms with Gasteiger partial charge in [-0.05, 0) is 19.1 Å². The molecule has 0 bridgehead atoms. The van der Waals surface area contributed by atoms with Crippen LogP contribution in [0.3, 0.4) is 0 Å². The fraction of sp³-hybridized carbons (Fsp3) is 0.429. The Labute approximate surface area is 122 Å². The highest BCUT2D eigenvalue weighted by molar-refractivity contribution is 5.93. The average Bonchev–Trinajstić information content (AvgIpc) is 2.82. The standard InChI is InChI=1S/C14H18N2O5/c1-2-21-11-5-3-4-9(6-11)15-14(20)16-8-10(17)7-12(16)13(18)19/h3-6,10,12,17H,2,7-8H2,1H3,(H,15,20)(H,18,19)/t10-,12-/m0/s1. The first-order valence-corrected chi connectivity index (χ1v) is 6.72. The lowest BCUT2D eigenvalue weighted by atomic mass is 10.2. The fourth-order valence-corrected chi connectivity index (χ4v) is 2.30. The summed E-state index contributed by atoms with van der Waals surface area (Å²) in [5, 5.41) is 21.2. The summed E-state index contributed by atoms with van der Waals surface area (Å²) in [5.74, 6) is -0.503. The second-order valence-corrected chi connectivity index (χ2v) is 4.79. The van der Waals surface area contributed by atoms with Crippen molar-refractivity contribution in [3.63, 3.8) is 0 Å². The summed E-state index contributed by atoms with van der Waals surface area (Å²) in [7, 11) is 0. The number of urea groups is 1. The highest BCUT2D eigenvalue weighted by Gasteiger charge is 2.38. The largest absolute Gasteiger partial charge is 0.494 e. The van der Waals surface area contributed by atoms with E-state index in [0.29, 0.717) is 18.0 Å². The van der Waals surface area contributed by atoms with Crippen molar-refractivity contribution in [2.45, 2.75) is 25.5 Å². The third-order valence-electron chi connectivity index (χ3n) is 3.22. The number of carboxylic acids is 1. The van der Waals surface area contributed by atoms with Gasteiger partial charge in [0.2, 0.25) is 0 Å². The van der Waals surface area contributed by atoms with Gasteiger partial charge in [0.25, 0.3) is 0 Å². The van der Waals surface area contributed by atoms with Crippen molar-refractivity contribution in [2.24, 2.45) is 0 Å². The molecule has 1 saturated heterocycles. The van der Waals surface area contributed by atoms with E-state index in [2.05, 4.69) is 5.32 Å². The quantitative estimate of drug-likeness (QED) is 0.773. The molecule has 0 saturated carbocycles. The number of likely N-dealkylation sites (tertiary alicyclic amines) is 1. The molecule has 0 aliphatic carbocycles. The molecule has 2 atom stereocenters. The molecule has 2 amide bonds. The number of β-amino-alcohol motifs (C(OH)–C–C–N with tert-alkyl or cyclic N) is 1. The van der Waals surface area contributed by atoms with E-state index in [0.717, 1.165) is 4.90 Å². The maximum absolute atomic E-state index is 12.1. The first-order valence-electron chi connectivity index (χ1n) is 6.72. The van der Waals surface area contributed by atoms with Gasteiger partial charge in [-0.1, -0.05) is 6.07 Å². The Hall–Kier alpha value is -2.28. The van der Waals surface area contributed by atoms with Crippen LogP contribution in [0.2, 0.25) is 0 Å². The highest BCUT2D eigenvalue weighted by atomic mass is 16.5. The second-order valence-electron chi connectivity index (χ2n) is 4.79. The molecule has 1 aromatic carbocycles. The van der Waals surface area contributed by atoms with E-state index in [1.165, 1.54) is 0 Å². The number of amides is 2. The molecule has 3 N–H and O–H groups in total. The highest BCUT2D eigenvalue weighted by Crippen LogP contribution is 2.21. The third-order valence-corrected chi connectivity index (χ3v) is 3.22. The molecule has 2 rings (SSSR count). The van der Waals surface area contributed by atoms with E-state index in [4.69, 9.17) is 9.84 Å². The number of carbonyl (C=O) groups excluding carboxylic acids is 1. The van der Waals surface area contributed by atoms with E-state index < -0.39 is 24.1 Å². The second kappa shape index (κ2) is 6.45. The van der Waals surface area contributed by atoms with Crippen LogP contribution in [0.25, 0.3) is 0 Å². The molecular formula is C14H18N2O5. The molecule has 1 aliphatic rings. The van der Waals surface area contributed by atoms with Crippen LogP contribution in [0.1, 0.15) is 13.3 Å². The lowest BCUT2D eigenvalue weighted by molar-refractivity contribution is -0.141. The molecule has 7 nitrogen and oxygen atoms in total. The van der Waals surface area contributed by atoms with Gasteiger partial charge in [-0.3, -0.25) is 0 Å². The molecule has 7 heteroatoms. The normalized spacial score (nSPS) is 21.1. The molecule has 114 valence electrons. The molecule has 1 fully saturated rings. The van der Waals surface area contributed by atoms with Gasteiger partial charge in [-0.2, -0.15) is 0 Å². The number of aliphatic carboxylic acids is 1. The number of carboxylic acid groups (broad SMARTS) is 1. The van der Waals surface area contributed by atoms with Crippen LogP contribution >= 0.6 is 0 Å². The van der Waals surface area contributed by atoms with Crippen molar-refractivity contribution in [1.29, 1.82) is 0 Å². The zero-order chi connectivity index (χ0) is 15.4. The lowest BCUT2D eigenvalue weighted by Gasteiger charge is -2.21. The van der Waals surface area contributed by atoms with Crippen LogP contribution in [-0.4, -0.2) is 52.4 Å². The predicted molar refractivity (Wildman–Crippen MR) is 75.4 cm³/mol.